The zero-order chi connectivity index (χ0) is 59.2. The van der Waals surface area contributed by atoms with Gasteiger partial charge in [0.1, 0.15) is 13.2 Å². The fourth-order valence-corrected chi connectivity index (χ4v) is 11.0. The fraction of sp³-hybridized carbons (Fsp3) is 0.855. The van der Waals surface area contributed by atoms with Gasteiger partial charge in [-0.1, -0.05) is 326 Å². The summed E-state index contributed by atoms with van der Waals surface area (Å²) in [6.45, 7) is 6.67. The Kier molecular flexibility index (Phi) is 68.6. The van der Waals surface area contributed by atoms with E-state index in [-0.39, 0.29) is 31.1 Å². The third-order valence-electron chi connectivity index (χ3n) is 16.5. The molecule has 0 aromatic rings. The van der Waals surface area contributed by atoms with E-state index in [4.69, 9.17) is 14.2 Å². The minimum atomic E-state index is -0.780. The molecule has 0 saturated carbocycles. The summed E-state index contributed by atoms with van der Waals surface area (Å²) in [5, 5.41) is 0. The van der Waals surface area contributed by atoms with Crippen molar-refractivity contribution in [2.24, 2.45) is 0 Å². The molecule has 0 aliphatic heterocycles. The molecule has 0 aromatic carbocycles. The minimum Gasteiger partial charge on any atom is -0.462 e. The predicted molar refractivity (Wildman–Crippen MR) is 358 cm³/mol. The second-order valence-electron chi connectivity index (χ2n) is 24.8. The van der Waals surface area contributed by atoms with Gasteiger partial charge < -0.3 is 14.2 Å². The van der Waals surface area contributed by atoms with Crippen LogP contribution in [0.15, 0.2) is 48.6 Å². The molecule has 6 nitrogen and oxygen atoms in total. The van der Waals surface area contributed by atoms with Crippen molar-refractivity contribution >= 4 is 17.9 Å². The first-order valence-corrected chi connectivity index (χ1v) is 36.6. The van der Waals surface area contributed by atoms with Crippen LogP contribution in [0.5, 0.6) is 0 Å². The largest absolute Gasteiger partial charge is 0.462 e. The van der Waals surface area contributed by atoms with E-state index < -0.39 is 6.10 Å². The van der Waals surface area contributed by atoms with Gasteiger partial charge in [-0.15, -0.1) is 0 Å². The number of esters is 3. The number of allylic oxidation sites excluding steroid dienone is 8. The number of carbonyl (C=O) groups excluding carboxylic acids is 3. The number of hydrogen-bond acceptors (Lipinski definition) is 6. The van der Waals surface area contributed by atoms with E-state index in [1.807, 2.05) is 0 Å². The highest BCUT2D eigenvalue weighted by Gasteiger charge is 2.19. The van der Waals surface area contributed by atoms with Crippen LogP contribution in [0.3, 0.4) is 0 Å². The first kappa shape index (κ1) is 79.4. The molecular formula is C76H140O6. The Hall–Kier alpha value is -2.63. The Labute approximate surface area is 511 Å². The van der Waals surface area contributed by atoms with Crippen molar-refractivity contribution in [3.63, 3.8) is 0 Å². The minimum absolute atomic E-state index is 0.0746. The Bertz CT molecular complexity index is 1410. The monoisotopic (exact) mass is 1150 g/mol. The van der Waals surface area contributed by atoms with Crippen molar-refractivity contribution in [2.45, 2.75) is 406 Å². The average Bonchev–Trinajstić information content (AvgIpc) is 3.47. The maximum absolute atomic E-state index is 13.0. The maximum Gasteiger partial charge on any atom is 0.306 e. The van der Waals surface area contributed by atoms with E-state index in [0.29, 0.717) is 19.3 Å². The van der Waals surface area contributed by atoms with Gasteiger partial charge in [0.2, 0.25) is 0 Å². The molecular weight excluding hydrogens is 1010 g/mol. The van der Waals surface area contributed by atoms with Crippen LogP contribution >= 0.6 is 0 Å². The van der Waals surface area contributed by atoms with E-state index in [0.717, 1.165) is 77.0 Å². The lowest BCUT2D eigenvalue weighted by atomic mass is 10.0. The van der Waals surface area contributed by atoms with Gasteiger partial charge in [0.05, 0.1) is 0 Å². The van der Waals surface area contributed by atoms with Crippen LogP contribution in [0, 0.1) is 0 Å². The second kappa shape index (κ2) is 70.9. The molecule has 0 aromatic heterocycles. The standard InChI is InChI=1S/C76H140O6/c1-4-7-10-13-16-19-22-25-28-31-33-34-35-36-37-38-39-40-41-42-44-45-48-51-54-57-60-63-66-69-75(78)81-72-73(71-80-74(77)68-65-62-59-56-53-50-47-30-27-24-21-18-15-12-9-6-3)82-76(79)70-67-64-61-58-55-52-49-46-43-32-29-26-23-20-17-14-11-8-5-2/h21,24,26,29-31,33,47,73H,4-20,22-23,25,27-28,32,34-46,48-72H2,1-3H3/b24-21-,29-26-,33-31-,47-30-. The molecule has 0 saturated heterocycles. The Morgan fingerprint density at radius 3 is 0.695 bits per heavy atom. The van der Waals surface area contributed by atoms with Crippen LogP contribution in [0.4, 0.5) is 0 Å². The molecule has 0 heterocycles. The van der Waals surface area contributed by atoms with Gasteiger partial charge in [0.15, 0.2) is 6.10 Å². The van der Waals surface area contributed by atoms with Gasteiger partial charge in [-0.25, -0.2) is 0 Å². The van der Waals surface area contributed by atoms with Crippen molar-refractivity contribution in [1.82, 2.24) is 0 Å². The lowest BCUT2D eigenvalue weighted by molar-refractivity contribution is -0.167. The van der Waals surface area contributed by atoms with Gasteiger partial charge in [0.25, 0.3) is 0 Å². The van der Waals surface area contributed by atoms with Crippen LogP contribution in [0.25, 0.3) is 0 Å². The highest BCUT2D eigenvalue weighted by atomic mass is 16.6. The maximum atomic E-state index is 13.0. The van der Waals surface area contributed by atoms with Crippen molar-refractivity contribution in [2.75, 3.05) is 13.2 Å². The highest BCUT2D eigenvalue weighted by molar-refractivity contribution is 5.71. The number of ether oxygens (including phenoxy) is 3. The first-order valence-electron chi connectivity index (χ1n) is 36.6. The van der Waals surface area contributed by atoms with Crippen LogP contribution < -0.4 is 0 Å². The number of rotatable bonds is 68. The Balaban J connectivity index is 4.24. The molecule has 6 heteroatoms. The highest BCUT2D eigenvalue weighted by Crippen LogP contribution is 2.18. The number of hydrogen-bond donors (Lipinski definition) is 0. The summed E-state index contributed by atoms with van der Waals surface area (Å²) in [4.78, 5) is 38.5. The van der Waals surface area contributed by atoms with Gasteiger partial charge in [0, 0.05) is 19.3 Å². The van der Waals surface area contributed by atoms with Gasteiger partial charge in [-0.05, 0) is 103 Å². The number of carbonyl (C=O) groups is 3. The third-order valence-corrected chi connectivity index (χ3v) is 16.5. The van der Waals surface area contributed by atoms with E-state index in [9.17, 15) is 14.4 Å². The normalized spacial score (nSPS) is 12.3. The fourth-order valence-electron chi connectivity index (χ4n) is 11.0. The molecule has 0 bridgehead atoms. The predicted octanol–water partition coefficient (Wildman–Crippen LogP) is 25.3. The SMILES string of the molecule is CCCCCC/C=C\C/C=C\CCCCCCCC(=O)OCC(COC(=O)CCCCCCCCCCCCCCCCCCC/C=C\CCCCCCCCCC)OC(=O)CCCCCCCCCCC/C=C\CCCCCCCC. The molecule has 0 amide bonds. The molecule has 0 fully saturated rings. The quantitative estimate of drug-likeness (QED) is 0.0261. The summed E-state index contributed by atoms with van der Waals surface area (Å²) < 4.78 is 17.0. The average molecular weight is 1150 g/mol. The summed E-state index contributed by atoms with van der Waals surface area (Å²) >= 11 is 0. The molecule has 0 rings (SSSR count). The van der Waals surface area contributed by atoms with E-state index in [1.54, 1.807) is 0 Å². The molecule has 1 atom stereocenters. The lowest BCUT2D eigenvalue weighted by Crippen LogP contribution is -2.30. The summed E-state index contributed by atoms with van der Waals surface area (Å²) in [7, 11) is 0. The summed E-state index contributed by atoms with van der Waals surface area (Å²) in [6, 6.07) is 0. The van der Waals surface area contributed by atoms with Crippen LogP contribution in [0.2, 0.25) is 0 Å². The van der Waals surface area contributed by atoms with Crippen molar-refractivity contribution < 1.29 is 28.6 Å². The van der Waals surface area contributed by atoms with Gasteiger partial charge >= 0.3 is 17.9 Å². The Morgan fingerprint density at radius 1 is 0.244 bits per heavy atom. The van der Waals surface area contributed by atoms with Crippen molar-refractivity contribution in [3.8, 4) is 0 Å². The smallest absolute Gasteiger partial charge is 0.306 e. The van der Waals surface area contributed by atoms with Crippen LogP contribution in [-0.4, -0.2) is 37.2 Å². The molecule has 0 spiro atoms. The van der Waals surface area contributed by atoms with Crippen LogP contribution in [0.1, 0.15) is 400 Å². The molecule has 480 valence electrons. The lowest BCUT2D eigenvalue weighted by Gasteiger charge is -2.18. The second-order valence-corrected chi connectivity index (χ2v) is 24.8. The zero-order valence-corrected chi connectivity index (χ0v) is 55.3. The first-order chi connectivity index (χ1) is 40.5. The third kappa shape index (κ3) is 68.2. The van der Waals surface area contributed by atoms with Gasteiger partial charge in [-0.3, -0.25) is 14.4 Å². The molecule has 0 N–H and O–H groups in total. The van der Waals surface area contributed by atoms with Crippen LogP contribution in [-0.2, 0) is 28.6 Å². The molecule has 1 unspecified atom stereocenters. The van der Waals surface area contributed by atoms with E-state index >= 15 is 0 Å². The van der Waals surface area contributed by atoms with Gasteiger partial charge in [-0.2, -0.15) is 0 Å². The molecule has 0 aliphatic carbocycles. The van der Waals surface area contributed by atoms with E-state index in [1.165, 1.54) is 283 Å². The molecule has 0 aliphatic rings. The number of unbranched alkanes of at least 4 members (excludes halogenated alkanes) is 49. The van der Waals surface area contributed by atoms with Crippen molar-refractivity contribution in [1.29, 1.82) is 0 Å². The van der Waals surface area contributed by atoms with E-state index in [2.05, 4.69) is 69.4 Å². The zero-order valence-electron chi connectivity index (χ0n) is 55.3. The summed E-state index contributed by atoms with van der Waals surface area (Å²) in [6.07, 6.45) is 90.0. The molecule has 0 radical (unpaired) electrons. The topological polar surface area (TPSA) is 78.9 Å². The molecule has 82 heavy (non-hydrogen) atoms. The summed E-state index contributed by atoms with van der Waals surface area (Å²) in [5.74, 6) is -0.864. The van der Waals surface area contributed by atoms with Crippen molar-refractivity contribution in [3.05, 3.63) is 48.6 Å². The Morgan fingerprint density at radius 2 is 0.439 bits per heavy atom. The summed E-state index contributed by atoms with van der Waals surface area (Å²) in [5.41, 5.74) is 0.